The van der Waals surface area contributed by atoms with Gasteiger partial charge in [0.2, 0.25) is 0 Å². The number of aromatic nitrogens is 1. The third-order valence-corrected chi connectivity index (χ3v) is 5.48. The maximum atomic E-state index is 6.32. The van der Waals surface area contributed by atoms with Gasteiger partial charge >= 0.3 is 0 Å². The van der Waals surface area contributed by atoms with Gasteiger partial charge in [-0.2, -0.15) is 0 Å². The molecule has 2 aromatic rings. The van der Waals surface area contributed by atoms with E-state index in [1.54, 1.807) is 11.3 Å². The lowest BCUT2D eigenvalue weighted by Gasteiger charge is -2.43. The number of piperidine rings is 1. The second-order valence-corrected chi connectivity index (χ2v) is 7.56. The number of nitrogens with two attached hydrogens (primary N) is 1. The predicted molar refractivity (Wildman–Crippen MR) is 88.5 cm³/mol. The minimum atomic E-state index is 0.533. The Labute approximate surface area is 124 Å². The Morgan fingerprint density at radius 2 is 2.05 bits per heavy atom. The molecule has 1 aliphatic heterocycles. The fourth-order valence-electron chi connectivity index (χ4n) is 3.38. The number of thiazole rings is 1. The van der Waals surface area contributed by atoms with Crippen LogP contribution in [0.4, 0.5) is 11.4 Å². The van der Waals surface area contributed by atoms with E-state index in [1.165, 1.54) is 11.1 Å². The molecule has 3 atom stereocenters. The summed E-state index contributed by atoms with van der Waals surface area (Å²) >= 11 is 1.71. The molecule has 1 fully saturated rings. The first-order valence-corrected chi connectivity index (χ1v) is 8.20. The van der Waals surface area contributed by atoms with Gasteiger partial charge in [0.15, 0.2) is 0 Å². The molecule has 0 bridgehead atoms. The van der Waals surface area contributed by atoms with Gasteiger partial charge in [-0.15, -0.1) is 11.3 Å². The summed E-state index contributed by atoms with van der Waals surface area (Å²) in [6.07, 6.45) is 1.30. The highest BCUT2D eigenvalue weighted by atomic mass is 32.1. The number of rotatable bonds is 1. The van der Waals surface area contributed by atoms with Gasteiger partial charge in [-0.05, 0) is 44.2 Å². The molecule has 0 saturated carbocycles. The van der Waals surface area contributed by atoms with Crippen molar-refractivity contribution in [2.75, 3.05) is 17.2 Å². The lowest BCUT2D eigenvalue weighted by Crippen LogP contribution is -2.46. The zero-order valence-corrected chi connectivity index (χ0v) is 13.5. The SMILES string of the molecule is Cc1nc2cc(N3CC(C)CC(C)C3C)c(N)cc2s1. The molecule has 1 aliphatic rings. The first-order chi connectivity index (χ1) is 9.45. The van der Waals surface area contributed by atoms with Crippen molar-refractivity contribution in [2.45, 2.75) is 40.2 Å². The molecule has 108 valence electrons. The Morgan fingerprint density at radius 1 is 1.30 bits per heavy atom. The van der Waals surface area contributed by atoms with Crippen molar-refractivity contribution in [1.29, 1.82) is 0 Å². The maximum Gasteiger partial charge on any atom is 0.0907 e. The van der Waals surface area contributed by atoms with Crippen LogP contribution in [0.3, 0.4) is 0 Å². The van der Waals surface area contributed by atoms with Crippen molar-refractivity contribution in [2.24, 2.45) is 11.8 Å². The van der Waals surface area contributed by atoms with Crippen molar-refractivity contribution in [3.63, 3.8) is 0 Å². The van der Waals surface area contributed by atoms with Crippen LogP contribution in [0.15, 0.2) is 12.1 Å². The molecule has 3 unspecified atom stereocenters. The van der Waals surface area contributed by atoms with Crippen LogP contribution in [0.5, 0.6) is 0 Å². The second kappa shape index (κ2) is 4.92. The second-order valence-electron chi connectivity index (χ2n) is 6.32. The van der Waals surface area contributed by atoms with E-state index in [9.17, 15) is 0 Å². The molecule has 0 radical (unpaired) electrons. The van der Waals surface area contributed by atoms with E-state index < -0.39 is 0 Å². The molecular weight excluding hydrogens is 266 g/mol. The first-order valence-electron chi connectivity index (χ1n) is 7.39. The van der Waals surface area contributed by atoms with Gasteiger partial charge in [0.1, 0.15) is 0 Å². The third-order valence-electron chi connectivity index (χ3n) is 4.55. The molecule has 1 saturated heterocycles. The van der Waals surface area contributed by atoms with Crippen LogP contribution in [0.1, 0.15) is 32.2 Å². The van der Waals surface area contributed by atoms with Gasteiger partial charge in [-0.3, -0.25) is 0 Å². The lowest BCUT2D eigenvalue weighted by atomic mass is 9.85. The Bertz CT molecular complexity index is 634. The predicted octanol–water partition coefficient (Wildman–Crippen LogP) is 4.06. The van der Waals surface area contributed by atoms with Crippen LogP contribution in [0, 0.1) is 18.8 Å². The topological polar surface area (TPSA) is 42.2 Å². The number of benzene rings is 1. The molecule has 20 heavy (non-hydrogen) atoms. The van der Waals surface area contributed by atoms with E-state index in [2.05, 4.69) is 42.8 Å². The van der Waals surface area contributed by atoms with Crippen molar-refractivity contribution >= 4 is 32.9 Å². The molecule has 0 amide bonds. The van der Waals surface area contributed by atoms with Crippen LogP contribution < -0.4 is 10.6 Å². The van der Waals surface area contributed by atoms with Crippen LogP contribution in [-0.2, 0) is 0 Å². The van der Waals surface area contributed by atoms with Gasteiger partial charge in [0, 0.05) is 12.6 Å². The largest absolute Gasteiger partial charge is 0.397 e. The summed E-state index contributed by atoms with van der Waals surface area (Å²) in [7, 11) is 0. The highest BCUT2D eigenvalue weighted by Gasteiger charge is 2.30. The fraction of sp³-hybridized carbons (Fsp3) is 0.562. The van der Waals surface area contributed by atoms with Crippen LogP contribution in [0.25, 0.3) is 10.2 Å². The van der Waals surface area contributed by atoms with E-state index in [4.69, 9.17) is 5.73 Å². The number of aryl methyl sites for hydroxylation is 1. The van der Waals surface area contributed by atoms with Gasteiger partial charge in [0.25, 0.3) is 0 Å². The zero-order valence-electron chi connectivity index (χ0n) is 12.7. The summed E-state index contributed by atoms with van der Waals surface area (Å²) in [6.45, 7) is 10.1. The molecule has 1 aromatic carbocycles. The van der Waals surface area contributed by atoms with E-state index >= 15 is 0 Å². The van der Waals surface area contributed by atoms with Crippen LogP contribution >= 0.6 is 11.3 Å². The van der Waals surface area contributed by atoms with Gasteiger partial charge in [-0.25, -0.2) is 4.98 Å². The Kier molecular flexibility index (Phi) is 3.36. The molecule has 2 N–H and O–H groups in total. The summed E-state index contributed by atoms with van der Waals surface area (Å²) in [6, 6.07) is 4.80. The normalized spacial score (nSPS) is 27.2. The molecular formula is C16H23N3S. The van der Waals surface area contributed by atoms with E-state index in [1.807, 2.05) is 6.92 Å². The zero-order chi connectivity index (χ0) is 14.4. The Morgan fingerprint density at radius 3 is 2.80 bits per heavy atom. The highest BCUT2D eigenvalue weighted by molar-refractivity contribution is 7.18. The number of anilines is 2. The number of nitrogens with zero attached hydrogens (tertiary/aromatic N) is 2. The molecule has 2 heterocycles. The average Bonchev–Trinajstić information content (AvgIpc) is 2.72. The molecule has 4 heteroatoms. The molecule has 3 rings (SSSR count). The minimum Gasteiger partial charge on any atom is -0.397 e. The average molecular weight is 289 g/mol. The summed E-state index contributed by atoms with van der Waals surface area (Å²) in [5.41, 5.74) is 9.44. The fourth-order valence-corrected chi connectivity index (χ4v) is 4.23. The highest BCUT2D eigenvalue weighted by Crippen LogP contribution is 2.37. The summed E-state index contributed by atoms with van der Waals surface area (Å²) in [5, 5.41) is 1.10. The molecule has 0 spiro atoms. The summed E-state index contributed by atoms with van der Waals surface area (Å²) < 4.78 is 1.19. The van der Waals surface area contributed by atoms with Crippen molar-refractivity contribution < 1.29 is 0 Å². The number of hydrogen-bond donors (Lipinski definition) is 1. The van der Waals surface area contributed by atoms with Crippen molar-refractivity contribution in [1.82, 2.24) is 4.98 Å². The van der Waals surface area contributed by atoms with Crippen molar-refractivity contribution in [3.05, 3.63) is 17.1 Å². The van der Waals surface area contributed by atoms with Crippen LogP contribution in [0.2, 0.25) is 0 Å². The summed E-state index contributed by atoms with van der Waals surface area (Å²) in [5.74, 6) is 1.42. The molecule has 1 aromatic heterocycles. The maximum absolute atomic E-state index is 6.32. The number of hydrogen-bond acceptors (Lipinski definition) is 4. The number of nitrogen functional groups attached to an aromatic ring is 1. The van der Waals surface area contributed by atoms with E-state index in [-0.39, 0.29) is 0 Å². The summed E-state index contributed by atoms with van der Waals surface area (Å²) in [4.78, 5) is 7.08. The molecule has 0 aliphatic carbocycles. The first kappa shape index (κ1) is 13.7. The lowest BCUT2D eigenvalue weighted by molar-refractivity contribution is 0.297. The van der Waals surface area contributed by atoms with E-state index in [0.29, 0.717) is 17.9 Å². The number of fused-ring (bicyclic) bond motifs is 1. The standard InChI is InChI=1S/C16H23N3S/c1-9-5-10(2)11(3)19(8-9)15-7-14-16(6-13(15)17)20-12(4)18-14/h6-7,9-11H,5,8,17H2,1-4H3. The smallest absolute Gasteiger partial charge is 0.0907 e. The monoisotopic (exact) mass is 289 g/mol. The van der Waals surface area contributed by atoms with Gasteiger partial charge < -0.3 is 10.6 Å². The molecule has 3 nitrogen and oxygen atoms in total. The van der Waals surface area contributed by atoms with Gasteiger partial charge in [-0.1, -0.05) is 13.8 Å². The van der Waals surface area contributed by atoms with E-state index in [0.717, 1.165) is 28.4 Å². The quantitative estimate of drug-likeness (QED) is 0.805. The Balaban J connectivity index is 2.05. The van der Waals surface area contributed by atoms with Crippen molar-refractivity contribution in [3.8, 4) is 0 Å². The van der Waals surface area contributed by atoms with Gasteiger partial charge in [0.05, 0.1) is 26.6 Å². The van der Waals surface area contributed by atoms with Crippen LogP contribution in [-0.4, -0.2) is 17.6 Å². The Hall–Kier alpha value is -1.29. The third kappa shape index (κ3) is 2.26. The minimum absolute atomic E-state index is 0.533.